The topological polar surface area (TPSA) is 87.7 Å². The van der Waals surface area contributed by atoms with Crippen LogP contribution >= 0.6 is 11.8 Å². The van der Waals surface area contributed by atoms with E-state index in [9.17, 15) is 14.4 Å². The van der Waals surface area contributed by atoms with Crippen molar-refractivity contribution in [2.24, 2.45) is 0 Å². The zero-order valence-electron chi connectivity index (χ0n) is 21.5. The lowest BCUT2D eigenvalue weighted by Crippen LogP contribution is -2.51. The number of carbonyl (C=O) groups is 3. The molecule has 0 aliphatic rings. The van der Waals surface area contributed by atoms with E-state index in [0.717, 1.165) is 16.0 Å². The number of thioether (sulfide) groups is 1. The van der Waals surface area contributed by atoms with Crippen LogP contribution in [0, 0.1) is 19.4 Å². The monoisotopic (exact) mass is 509 g/mol. The number of nitrogens with one attached hydrogen (secondary N) is 2. The summed E-state index contributed by atoms with van der Waals surface area (Å²) in [7, 11) is 0. The van der Waals surface area contributed by atoms with E-state index in [1.54, 1.807) is 32.9 Å². The molecule has 0 radical (unpaired) electrons. The third-order valence-electron chi connectivity index (χ3n) is 5.19. The summed E-state index contributed by atoms with van der Waals surface area (Å²) in [4.78, 5) is 40.6. The van der Waals surface area contributed by atoms with Gasteiger partial charge in [-0.3, -0.25) is 14.5 Å². The predicted molar refractivity (Wildman–Crippen MR) is 144 cm³/mol. The number of amides is 3. The summed E-state index contributed by atoms with van der Waals surface area (Å²) in [6.45, 7) is 7.43. The second-order valence-corrected chi connectivity index (χ2v) is 10.3. The molecule has 2 unspecified atom stereocenters. The maximum atomic E-state index is 13.7. The van der Waals surface area contributed by atoms with Gasteiger partial charge in [0.2, 0.25) is 5.91 Å². The minimum Gasteiger partial charge on any atom is -0.444 e. The average Bonchev–Trinajstić information content (AvgIpc) is 2.83. The van der Waals surface area contributed by atoms with Crippen molar-refractivity contribution in [3.8, 4) is 12.5 Å². The Kier molecular flexibility index (Phi) is 10.9. The lowest BCUT2D eigenvalue weighted by molar-refractivity contribution is -0.138. The van der Waals surface area contributed by atoms with Crippen LogP contribution < -0.4 is 10.6 Å². The Bertz CT molecular complexity index is 1060. The number of ether oxygens (including phenoxy) is 1. The van der Waals surface area contributed by atoms with Gasteiger partial charge in [0.25, 0.3) is 5.91 Å². The third kappa shape index (κ3) is 8.97. The maximum absolute atomic E-state index is 13.7. The molecule has 7 nitrogen and oxygen atoms in total. The van der Waals surface area contributed by atoms with Crippen molar-refractivity contribution >= 4 is 29.7 Å². The number of terminal acetylenes is 1. The van der Waals surface area contributed by atoms with Crippen molar-refractivity contribution in [3.05, 3.63) is 71.3 Å². The standard InChI is InChI=1S/C28H35N3O4S/c1-7-31(26(33)23(17-18-36-6)30-27(34)35-28(3,4)5)24(22-15-13-20(2)14-16-22)25(32)29-19-21-11-9-8-10-12-21/h1,8-16,23-24H,17-19H2,2-6H3,(H,29,32)(H,30,34). The molecule has 192 valence electrons. The van der Waals surface area contributed by atoms with Crippen LogP contribution in [0.4, 0.5) is 4.79 Å². The molecule has 0 aliphatic carbocycles. The first-order valence-electron chi connectivity index (χ1n) is 11.7. The van der Waals surface area contributed by atoms with Crippen LogP contribution in [0.15, 0.2) is 54.6 Å². The van der Waals surface area contributed by atoms with Gasteiger partial charge in [0.05, 0.1) is 0 Å². The van der Waals surface area contributed by atoms with Crippen molar-refractivity contribution in [1.29, 1.82) is 0 Å². The number of rotatable bonds is 10. The molecule has 0 aliphatic heterocycles. The molecule has 0 aromatic heterocycles. The number of hydrogen-bond donors (Lipinski definition) is 2. The van der Waals surface area contributed by atoms with Crippen molar-refractivity contribution in [3.63, 3.8) is 0 Å². The smallest absolute Gasteiger partial charge is 0.408 e. The molecule has 8 heteroatoms. The molecule has 2 rings (SSSR count). The molecule has 2 aromatic carbocycles. The molecule has 0 saturated heterocycles. The molecule has 2 atom stereocenters. The quantitative estimate of drug-likeness (QED) is 0.366. The Morgan fingerprint density at radius 3 is 2.28 bits per heavy atom. The Labute approximate surface area is 218 Å². The lowest BCUT2D eigenvalue weighted by Gasteiger charge is -2.30. The Balaban J connectivity index is 2.35. The third-order valence-corrected chi connectivity index (χ3v) is 5.83. The highest BCUT2D eigenvalue weighted by Crippen LogP contribution is 2.23. The van der Waals surface area contributed by atoms with Gasteiger partial charge >= 0.3 is 6.09 Å². The molecule has 2 aromatic rings. The summed E-state index contributed by atoms with van der Waals surface area (Å²) in [6.07, 6.45) is 7.31. The summed E-state index contributed by atoms with van der Waals surface area (Å²) < 4.78 is 5.35. The van der Waals surface area contributed by atoms with Gasteiger partial charge in [0.15, 0.2) is 0 Å². The highest BCUT2D eigenvalue weighted by atomic mass is 32.2. The van der Waals surface area contributed by atoms with E-state index in [2.05, 4.69) is 16.7 Å². The first-order chi connectivity index (χ1) is 17.1. The Hall–Kier alpha value is -3.44. The van der Waals surface area contributed by atoms with E-state index >= 15 is 0 Å². The largest absolute Gasteiger partial charge is 0.444 e. The fourth-order valence-electron chi connectivity index (χ4n) is 3.42. The molecule has 0 spiro atoms. The summed E-state index contributed by atoms with van der Waals surface area (Å²) in [5, 5.41) is 5.53. The van der Waals surface area contributed by atoms with E-state index in [-0.39, 0.29) is 6.54 Å². The van der Waals surface area contributed by atoms with Gasteiger partial charge in [-0.15, -0.1) is 0 Å². The van der Waals surface area contributed by atoms with Crippen LogP contribution in [-0.2, 0) is 20.9 Å². The second-order valence-electron chi connectivity index (χ2n) is 9.33. The van der Waals surface area contributed by atoms with E-state index < -0.39 is 35.6 Å². The summed E-state index contributed by atoms with van der Waals surface area (Å²) >= 11 is 1.53. The summed E-state index contributed by atoms with van der Waals surface area (Å²) in [5.74, 6) is -0.382. The molecule has 0 saturated carbocycles. The lowest BCUT2D eigenvalue weighted by atomic mass is 10.0. The molecule has 36 heavy (non-hydrogen) atoms. The zero-order chi connectivity index (χ0) is 26.7. The fraction of sp³-hybridized carbons (Fsp3) is 0.393. The van der Waals surface area contributed by atoms with E-state index in [0.29, 0.717) is 17.7 Å². The minimum atomic E-state index is -1.08. The first kappa shape index (κ1) is 28.8. The summed E-state index contributed by atoms with van der Waals surface area (Å²) in [6, 6.07) is 17.1. The van der Waals surface area contributed by atoms with E-state index in [1.165, 1.54) is 11.8 Å². The van der Waals surface area contributed by atoms with Crippen LogP contribution in [0.25, 0.3) is 0 Å². The molecular formula is C28H35N3O4S. The van der Waals surface area contributed by atoms with Gasteiger partial charge in [-0.2, -0.15) is 11.8 Å². The van der Waals surface area contributed by atoms with Crippen molar-refractivity contribution < 1.29 is 19.1 Å². The number of alkyl carbamates (subject to hydrolysis) is 1. The van der Waals surface area contributed by atoms with Crippen LogP contribution in [0.2, 0.25) is 0 Å². The number of hydrogen-bond acceptors (Lipinski definition) is 5. The van der Waals surface area contributed by atoms with Gasteiger partial charge < -0.3 is 15.4 Å². The number of carbonyl (C=O) groups excluding carboxylic acids is 3. The van der Waals surface area contributed by atoms with Gasteiger partial charge in [-0.05, 0) is 57.3 Å². The highest BCUT2D eigenvalue weighted by molar-refractivity contribution is 7.98. The van der Waals surface area contributed by atoms with Crippen LogP contribution in [-0.4, -0.2) is 46.5 Å². The van der Waals surface area contributed by atoms with Crippen LogP contribution in [0.3, 0.4) is 0 Å². The second kappa shape index (κ2) is 13.6. The average molecular weight is 510 g/mol. The molecular weight excluding hydrogens is 474 g/mol. The Morgan fingerprint density at radius 2 is 1.72 bits per heavy atom. The van der Waals surface area contributed by atoms with Gasteiger partial charge in [0.1, 0.15) is 17.7 Å². The first-order valence-corrected chi connectivity index (χ1v) is 13.1. The molecule has 3 amide bonds. The highest BCUT2D eigenvalue weighted by Gasteiger charge is 2.35. The van der Waals surface area contributed by atoms with E-state index in [4.69, 9.17) is 11.2 Å². The van der Waals surface area contributed by atoms with Crippen molar-refractivity contribution in [2.75, 3.05) is 12.0 Å². The SMILES string of the molecule is C#CN(C(=O)C(CCSC)NC(=O)OC(C)(C)C)C(C(=O)NCc1ccccc1)c1ccc(C)cc1. The number of benzene rings is 2. The van der Waals surface area contributed by atoms with Crippen molar-refractivity contribution in [1.82, 2.24) is 15.5 Å². The van der Waals surface area contributed by atoms with Crippen molar-refractivity contribution in [2.45, 2.75) is 58.3 Å². The Morgan fingerprint density at radius 1 is 1.08 bits per heavy atom. The van der Waals surface area contributed by atoms with Crippen LogP contribution in [0.1, 0.15) is 49.9 Å². The van der Waals surface area contributed by atoms with Crippen LogP contribution in [0.5, 0.6) is 0 Å². The van der Waals surface area contributed by atoms with Gasteiger partial charge in [0, 0.05) is 12.6 Å². The van der Waals surface area contributed by atoms with Gasteiger partial charge in [-0.1, -0.05) is 66.6 Å². The zero-order valence-corrected chi connectivity index (χ0v) is 22.4. The van der Waals surface area contributed by atoms with E-state index in [1.807, 2.05) is 55.6 Å². The summed E-state index contributed by atoms with van der Waals surface area (Å²) in [5.41, 5.74) is 1.75. The number of nitrogens with zero attached hydrogens (tertiary/aromatic N) is 1. The van der Waals surface area contributed by atoms with Gasteiger partial charge in [-0.25, -0.2) is 4.79 Å². The molecule has 0 heterocycles. The maximum Gasteiger partial charge on any atom is 0.408 e. The minimum absolute atomic E-state index is 0.278. The fourth-order valence-corrected chi connectivity index (χ4v) is 3.90. The number of aryl methyl sites for hydroxylation is 1. The normalized spacial score (nSPS) is 12.6. The molecule has 0 fully saturated rings. The molecule has 2 N–H and O–H groups in total. The predicted octanol–water partition coefficient (Wildman–Crippen LogP) is 4.42. The molecule has 0 bridgehead atoms.